The first-order valence-electron chi connectivity index (χ1n) is 9.13. The molecule has 0 radical (unpaired) electrons. The van der Waals surface area contributed by atoms with Gasteiger partial charge in [-0.3, -0.25) is 0 Å². The Morgan fingerprint density at radius 2 is 1.59 bits per heavy atom. The lowest BCUT2D eigenvalue weighted by molar-refractivity contribution is 0.129. The first-order valence-corrected chi connectivity index (χ1v) is 9.13. The van der Waals surface area contributed by atoms with Crippen molar-refractivity contribution in [2.45, 2.75) is 20.1 Å². The quantitative estimate of drug-likeness (QED) is 0.710. The molecule has 4 nitrogen and oxygen atoms in total. The molecule has 0 saturated heterocycles. The molecule has 0 aliphatic rings. The van der Waals surface area contributed by atoms with Gasteiger partial charge >= 0.3 is 0 Å². The molecule has 1 heterocycles. The number of ether oxygens (including phenoxy) is 1. The van der Waals surface area contributed by atoms with E-state index in [1.165, 1.54) is 16.7 Å². The second-order valence-electron chi connectivity index (χ2n) is 6.54. The molecule has 0 saturated carbocycles. The second kappa shape index (κ2) is 8.14. The number of benzene rings is 2. The van der Waals surface area contributed by atoms with Crippen LogP contribution < -0.4 is 21.6 Å². The molecule has 0 bridgehead atoms. The van der Waals surface area contributed by atoms with Gasteiger partial charge in [-0.25, -0.2) is 0 Å². The van der Waals surface area contributed by atoms with Crippen molar-refractivity contribution in [1.29, 1.82) is 0 Å². The van der Waals surface area contributed by atoms with E-state index in [-0.39, 0.29) is 0 Å². The number of aryl methyl sites for hydroxylation is 1. The Morgan fingerprint density at radius 3 is 2.11 bits per heavy atom. The standard InChI is InChI=1S/C23H27N3O/c1-5-17-6-8-18(9-7-17)19-10-12-20(13-11-19)21-14-26(15-27-4)16(2)22(21)23(24)25-3/h6-14,25H,2,5,15,24H2,1,3-4H3/b23-22-. The van der Waals surface area contributed by atoms with Crippen molar-refractivity contribution in [2.24, 2.45) is 5.73 Å². The Balaban J connectivity index is 2.04. The summed E-state index contributed by atoms with van der Waals surface area (Å²) in [6.45, 7) is 6.78. The lowest BCUT2D eigenvalue weighted by atomic mass is 9.99. The number of methoxy groups -OCH3 is 1. The van der Waals surface area contributed by atoms with Gasteiger partial charge in [0, 0.05) is 36.5 Å². The number of hydrogen-bond acceptors (Lipinski definition) is 3. The number of rotatable bonds is 6. The molecule has 2 aromatic carbocycles. The third-order valence-electron chi connectivity index (χ3n) is 4.89. The molecular formula is C23H27N3O. The maximum Gasteiger partial charge on any atom is 0.122 e. The Labute approximate surface area is 160 Å². The topological polar surface area (TPSA) is 52.2 Å². The van der Waals surface area contributed by atoms with Crippen LogP contribution >= 0.6 is 0 Å². The second-order valence-corrected chi connectivity index (χ2v) is 6.54. The van der Waals surface area contributed by atoms with Crippen LogP contribution in [0.25, 0.3) is 34.7 Å². The first kappa shape index (κ1) is 18.8. The zero-order valence-corrected chi connectivity index (χ0v) is 16.3. The molecule has 0 aliphatic carbocycles. The van der Waals surface area contributed by atoms with E-state index < -0.39 is 0 Å². The third kappa shape index (κ3) is 3.76. The summed E-state index contributed by atoms with van der Waals surface area (Å²) in [5, 5.41) is 4.78. The minimum atomic E-state index is 0.435. The molecule has 0 fully saturated rings. The summed E-state index contributed by atoms with van der Waals surface area (Å²) in [6.07, 6.45) is 3.09. The van der Waals surface area contributed by atoms with Crippen LogP contribution in [0.2, 0.25) is 0 Å². The van der Waals surface area contributed by atoms with Gasteiger partial charge in [0.1, 0.15) is 12.6 Å². The normalized spacial score (nSPS) is 12.1. The van der Waals surface area contributed by atoms with Gasteiger partial charge in [-0.15, -0.1) is 0 Å². The van der Waals surface area contributed by atoms with Gasteiger partial charge in [0.25, 0.3) is 0 Å². The Hall–Kier alpha value is -2.98. The summed E-state index contributed by atoms with van der Waals surface area (Å²) in [4.78, 5) is 0. The van der Waals surface area contributed by atoms with Crippen molar-refractivity contribution >= 4 is 12.4 Å². The minimum absolute atomic E-state index is 0.435. The van der Waals surface area contributed by atoms with Gasteiger partial charge in [0.15, 0.2) is 0 Å². The molecule has 0 aliphatic heterocycles. The van der Waals surface area contributed by atoms with Crippen LogP contribution in [0.3, 0.4) is 0 Å². The summed E-state index contributed by atoms with van der Waals surface area (Å²) >= 11 is 0. The zero-order valence-electron chi connectivity index (χ0n) is 16.3. The van der Waals surface area contributed by atoms with Gasteiger partial charge in [-0.1, -0.05) is 62.0 Å². The first-order chi connectivity index (χ1) is 13.1. The van der Waals surface area contributed by atoms with Crippen LogP contribution in [0.1, 0.15) is 12.5 Å². The summed E-state index contributed by atoms with van der Waals surface area (Å²) in [5.41, 5.74) is 12.1. The average Bonchev–Trinajstić information content (AvgIpc) is 3.04. The SMILES string of the molecule is C=c1/c(=C(\N)NC)c(-c2ccc(-c3ccc(CC)cc3)cc2)cn1COC. The monoisotopic (exact) mass is 361 g/mol. The van der Waals surface area contributed by atoms with Crippen LogP contribution in [0.15, 0.2) is 54.7 Å². The van der Waals surface area contributed by atoms with E-state index in [2.05, 4.69) is 67.4 Å². The van der Waals surface area contributed by atoms with Crippen LogP contribution in [0.5, 0.6) is 0 Å². The number of nitrogens with one attached hydrogen (secondary N) is 1. The highest BCUT2D eigenvalue weighted by atomic mass is 16.5. The lowest BCUT2D eigenvalue weighted by Crippen LogP contribution is -2.36. The summed E-state index contributed by atoms with van der Waals surface area (Å²) < 4.78 is 7.24. The van der Waals surface area contributed by atoms with Gasteiger partial charge in [0.2, 0.25) is 0 Å². The predicted octanol–water partition coefficient (Wildman–Crippen LogP) is 2.64. The maximum atomic E-state index is 6.20. The smallest absolute Gasteiger partial charge is 0.122 e. The van der Waals surface area contributed by atoms with E-state index in [1.54, 1.807) is 7.11 Å². The molecule has 0 amide bonds. The third-order valence-corrected chi connectivity index (χ3v) is 4.89. The summed E-state index contributed by atoms with van der Waals surface area (Å²) in [7, 11) is 3.48. The molecule has 4 heteroatoms. The van der Waals surface area contributed by atoms with E-state index in [1.807, 2.05) is 17.8 Å². The Morgan fingerprint density at radius 1 is 1.04 bits per heavy atom. The molecule has 0 atom stereocenters. The van der Waals surface area contributed by atoms with Gasteiger partial charge < -0.3 is 20.4 Å². The van der Waals surface area contributed by atoms with Crippen molar-refractivity contribution in [3.63, 3.8) is 0 Å². The van der Waals surface area contributed by atoms with Crippen molar-refractivity contribution in [3.8, 4) is 22.3 Å². The van der Waals surface area contributed by atoms with Crippen molar-refractivity contribution in [2.75, 3.05) is 14.2 Å². The number of nitrogens with two attached hydrogens (primary N) is 1. The molecule has 1 aromatic heterocycles. The van der Waals surface area contributed by atoms with Crippen molar-refractivity contribution in [1.82, 2.24) is 9.88 Å². The van der Waals surface area contributed by atoms with Gasteiger partial charge in [-0.2, -0.15) is 0 Å². The van der Waals surface area contributed by atoms with Crippen LogP contribution in [-0.4, -0.2) is 18.7 Å². The molecule has 0 spiro atoms. The van der Waals surface area contributed by atoms with E-state index in [4.69, 9.17) is 10.5 Å². The van der Waals surface area contributed by atoms with Crippen LogP contribution in [-0.2, 0) is 17.9 Å². The fourth-order valence-corrected chi connectivity index (χ4v) is 3.27. The largest absolute Gasteiger partial charge is 0.385 e. The summed E-state index contributed by atoms with van der Waals surface area (Å²) in [5.74, 6) is 0.601. The molecule has 3 N–H and O–H groups in total. The van der Waals surface area contributed by atoms with E-state index in [0.717, 1.165) is 28.1 Å². The fourth-order valence-electron chi connectivity index (χ4n) is 3.27. The van der Waals surface area contributed by atoms with E-state index in [0.29, 0.717) is 12.6 Å². The lowest BCUT2D eigenvalue weighted by Gasteiger charge is -2.06. The molecular weight excluding hydrogens is 334 g/mol. The molecule has 140 valence electrons. The summed E-state index contributed by atoms with van der Waals surface area (Å²) in [6, 6.07) is 17.3. The molecule has 27 heavy (non-hydrogen) atoms. The number of hydrogen-bond donors (Lipinski definition) is 2. The highest BCUT2D eigenvalue weighted by Crippen LogP contribution is 2.24. The minimum Gasteiger partial charge on any atom is -0.385 e. The molecule has 3 rings (SSSR count). The van der Waals surface area contributed by atoms with E-state index >= 15 is 0 Å². The Kier molecular flexibility index (Phi) is 5.67. The highest BCUT2D eigenvalue weighted by molar-refractivity contribution is 5.72. The van der Waals surface area contributed by atoms with Gasteiger partial charge in [-0.05, 0) is 28.7 Å². The fraction of sp³-hybridized carbons (Fsp3) is 0.217. The van der Waals surface area contributed by atoms with Crippen LogP contribution in [0, 0.1) is 0 Å². The zero-order chi connectivity index (χ0) is 19.4. The molecule has 0 unspecified atom stereocenters. The van der Waals surface area contributed by atoms with Crippen molar-refractivity contribution < 1.29 is 4.74 Å². The van der Waals surface area contributed by atoms with Crippen molar-refractivity contribution in [3.05, 3.63) is 70.9 Å². The maximum absolute atomic E-state index is 6.20. The van der Waals surface area contributed by atoms with Gasteiger partial charge in [0.05, 0.1) is 0 Å². The van der Waals surface area contributed by atoms with E-state index in [9.17, 15) is 0 Å². The predicted molar refractivity (Wildman–Crippen MR) is 113 cm³/mol. The Bertz CT molecular complexity index is 1020. The molecule has 3 aromatic rings. The average molecular weight is 361 g/mol. The number of aromatic nitrogens is 1. The highest BCUT2D eigenvalue weighted by Gasteiger charge is 2.09. The van der Waals surface area contributed by atoms with Crippen LogP contribution in [0.4, 0.5) is 0 Å². The number of nitrogens with zero attached hydrogens (tertiary/aromatic N) is 1.